The number of alkyl carbamates (subject to hydrolysis) is 1. The zero-order chi connectivity index (χ0) is 17.5. The number of rotatable bonds is 4. The molecular weight excluding hydrogens is 310 g/mol. The van der Waals surface area contributed by atoms with Gasteiger partial charge in [0.25, 0.3) is 5.91 Å². The van der Waals surface area contributed by atoms with Crippen LogP contribution in [-0.2, 0) is 9.53 Å². The first-order valence-electron chi connectivity index (χ1n) is 7.02. The number of ether oxygens (including phenoxy) is 1. The number of amides is 2. The van der Waals surface area contributed by atoms with Crippen molar-refractivity contribution in [1.29, 1.82) is 0 Å². The second kappa shape index (κ2) is 7.73. The molecule has 0 atom stereocenters. The third-order valence-corrected chi connectivity index (χ3v) is 3.18. The van der Waals surface area contributed by atoms with E-state index in [-0.39, 0.29) is 11.1 Å². The van der Waals surface area contributed by atoms with Crippen LogP contribution >= 0.6 is 0 Å². The molecular formula is C18H15NO5. The molecule has 122 valence electrons. The zero-order valence-corrected chi connectivity index (χ0v) is 12.9. The lowest BCUT2D eigenvalue weighted by Crippen LogP contribution is -2.34. The molecule has 2 N–H and O–H groups in total. The summed E-state index contributed by atoms with van der Waals surface area (Å²) in [6, 6.07) is 16.1. The van der Waals surface area contributed by atoms with Crippen molar-refractivity contribution in [1.82, 2.24) is 5.32 Å². The van der Waals surface area contributed by atoms with Crippen molar-refractivity contribution in [2.75, 3.05) is 7.11 Å². The van der Waals surface area contributed by atoms with E-state index in [0.717, 1.165) is 7.11 Å². The lowest BCUT2D eigenvalue weighted by Gasteiger charge is -2.10. The molecule has 0 bridgehead atoms. The highest BCUT2D eigenvalue weighted by Crippen LogP contribution is 2.20. The van der Waals surface area contributed by atoms with Crippen LogP contribution in [0, 0.1) is 0 Å². The molecule has 0 heterocycles. The molecule has 0 fully saturated rings. The number of carbonyl (C=O) groups is 3. The van der Waals surface area contributed by atoms with Crippen LogP contribution in [0.1, 0.15) is 15.9 Å². The first-order chi connectivity index (χ1) is 11.5. The van der Waals surface area contributed by atoms with Gasteiger partial charge in [-0.15, -0.1) is 0 Å². The summed E-state index contributed by atoms with van der Waals surface area (Å²) in [6.07, 6.45) is -1.03. The molecule has 0 saturated heterocycles. The first kappa shape index (κ1) is 17.0. The van der Waals surface area contributed by atoms with E-state index in [4.69, 9.17) is 0 Å². The Hall–Kier alpha value is -3.41. The number of ketones is 1. The molecule has 0 saturated carbocycles. The lowest BCUT2D eigenvalue weighted by atomic mass is 9.99. The lowest BCUT2D eigenvalue weighted by molar-refractivity contribution is -0.116. The Morgan fingerprint density at radius 2 is 1.38 bits per heavy atom. The van der Waals surface area contributed by atoms with Gasteiger partial charge in [-0.2, -0.15) is 0 Å². The molecule has 24 heavy (non-hydrogen) atoms. The maximum Gasteiger partial charge on any atom is 0.413 e. The monoisotopic (exact) mass is 325 g/mol. The van der Waals surface area contributed by atoms with Gasteiger partial charge < -0.3 is 9.84 Å². The van der Waals surface area contributed by atoms with Crippen LogP contribution in [0.25, 0.3) is 5.76 Å². The smallest absolute Gasteiger partial charge is 0.413 e. The quantitative estimate of drug-likeness (QED) is 0.296. The van der Waals surface area contributed by atoms with Crippen molar-refractivity contribution in [2.45, 2.75) is 0 Å². The van der Waals surface area contributed by atoms with Crippen LogP contribution < -0.4 is 5.32 Å². The Balaban J connectivity index is 2.51. The second-order valence-electron chi connectivity index (χ2n) is 4.73. The van der Waals surface area contributed by atoms with E-state index in [0.29, 0.717) is 0 Å². The second-order valence-corrected chi connectivity index (χ2v) is 4.73. The van der Waals surface area contributed by atoms with Crippen LogP contribution in [0.15, 0.2) is 66.2 Å². The highest BCUT2D eigenvalue weighted by atomic mass is 16.5. The summed E-state index contributed by atoms with van der Waals surface area (Å²) in [7, 11) is 1.09. The van der Waals surface area contributed by atoms with Crippen molar-refractivity contribution >= 4 is 23.5 Å². The van der Waals surface area contributed by atoms with Gasteiger partial charge in [-0.05, 0) is 0 Å². The van der Waals surface area contributed by atoms with Crippen molar-refractivity contribution in [3.8, 4) is 0 Å². The number of imide groups is 1. The molecule has 2 amide bonds. The highest BCUT2D eigenvalue weighted by molar-refractivity contribution is 6.30. The molecule has 0 aromatic heterocycles. The Kier molecular flexibility index (Phi) is 5.46. The van der Waals surface area contributed by atoms with Gasteiger partial charge in [0.1, 0.15) is 11.3 Å². The zero-order valence-electron chi connectivity index (χ0n) is 12.9. The maximum absolute atomic E-state index is 12.6. The molecule has 0 aliphatic carbocycles. The summed E-state index contributed by atoms with van der Waals surface area (Å²) in [5.41, 5.74) is -0.0652. The molecule has 0 unspecified atom stereocenters. The molecule has 0 spiro atoms. The van der Waals surface area contributed by atoms with Crippen LogP contribution in [0.4, 0.5) is 4.79 Å². The summed E-state index contributed by atoms with van der Waals surface area (Å²) in [5, 5.41) is 12.3. The van der Waals surface area contributed by atoms with E-state index in [1.165, 1.54) is 12.1 Å². The standard InChI is InChI=1S/C18H15NO5/c1-24-18(23)19-17(22)14(15(20)12-8-4-2-5-9-12)16(21)13-10-6-3-7-11-13/h2-11,20H,1H3,(H,19,22,23)/b15-14-. The van der Waals surface area contributed by atoms with E-state index in [2.05, 4.69) is 4.74 Å². The number of benzene rings is 2. The number of Topliss-reactive ketones (excluding diaryl/α,β-unsaturated/α-hetero) is 1. The minimum atomic E-state index is -1.04. The third-order valence-electron chi connectivity index (χ3n) is 3.18. The Labute approximate surface area is 138 Å². The minimum Gasteiger partial charge on any atom is -0.506 e. The summed E-state index contributed by atoms with van der Waals surface area (Å²) in [5.74, 6) is -2.28. The Bertz CT molecular complexity index is 782. The average Bonchev–Trinajstić information content (AvgIpc) is 2.63. The average molecular weight is 325 g/mol. The predicted octanol–water partition coefficient (Wildman–Crippen LogP) is 2.72. The number of hydrogen-bond donors (Lipinski definition) is 2. The van der Waals surface area contributed by atoms with Gasteiger partial charge >= 0.3 is 6.09 Å². The van der Waals surface area contributed by atoms with E-state index in [9.17, 15) is 19.5 Å². The van der Waals surface area contributed by atoms with E-state index < -0.39 is 29.1 Å². The normalized spacial score (nSPS) is 11.2. The summed E-state index contributed by atoms with van der Waals surface area (Å²) < 4.78 is 4.36. The Morgan fingerprint density at radius 1 is 0.875 bits per heavy atom. The van der Waals surface area contributed by atoms with Gasteiger partial charge in [0.15, 0.2) is 0 Å². The molecule has 2 rings (SSSR count). The fraction of sp³-hybridized carbons (Fsp3) is 0.0556. The molecule has 6 nitrogen and oxygen atoms in total. The van der Waals surface area contributed by atoms with Crippen molar-refractivity contribution in [3.63, 3.8) is 0 Å². The first-order valence-corrected chi connectivity index (χ1v) is 7.02. The summed E-state index contributed by atoms with van der Waals surface area (Å²) >= 11 is 0. The molecule has 2 aromatic carbocycles. The highest BCUT2D eigenvalue weighted by Gasteiger charge is 2.26. The van der Waals surface area contributed by atoms with Crippen LogP contribution in [-0.4, -0.2) is 30.0 Å². The fourth-order valence-electron chi connectivity index (χ4n) is 2.00. The van der Waals surface area contributed by atoms with Gasteiger partial charge in [-0.3, -0.25) is 14.9 Å². The van der Waals surface area contributed by atoms with Gasteiger partial charge in [0, 0.05) is 11.1 Å². The third kappa shape index (κ3) is 3.86. The van der Waals surface area contributed by atoms with Gasteiger partial charge in [0.05, 0.1) is 7.11 Å². The van der Waals surface area contributed by atoms with E-state index >= 15 is 0 Å². The number of nitrogens with one attached hydrogen (secondary N) is 1. The molecule has 2 aromatic rings. The van der Waals surface area contributed by atoms with Gasteiger partial charge in [0.2, 0.25) is 5.78 Å². The van der Waals surface area contributed by atoms with Crippen molar-refractivity contribution < 1.29 is 24.2 Å². The Morgan fingerprint density at radius 3 is 1.88 bits per heavy atom. The number of methoxy groups -OCH3 is 1. The summed E-state index contributed by atoms with van der Waals surface area (Å²) in [6.45, 7) is 0. The van der Waals surface area contributed by atoms with E-state index in [1.54, 1.807) is 48.5 Å². The number of aliphatic hydroxyl groups excluding tert-OH is 1. The SMILES string of the molecule is COC(=O)NC(=O)/C(C(=O)c1ccccc1)=C(\O)c1ccccc1. The molecule has 0 aliphatic rings. The minimum absolute atomic E-state index is 0.204. The number of aliphatic hydroxyl groups is 1. The van der Waals surface area contributed by atoms with Crippen molar-refractivity contribution in [2.24, 2.45) is 0 Å². The molecule has 6 heteroatoms. The topological polar surface area (TPSA) is 92.7 Å². The summed E-state index contributed by atoms with van der Waals surface area (Å²) in [4.78, 5) is 36.2. The number of carbonyl (C=O) groups excluding carboxylic acids is 3. The molecule has 0 aliphatic heterocycles. The van der Waals surface area contributed by atoms with Crippen molar-refractivity contribution in [3.05, 3.63) is 77.4 Å². The largest absolute Gasteiger partial charge is 0.506 e. The van der Waals surface area contributed by atoms with Gasteiger partial charge in [-0.25, -0.2) is 4.79 Å². The number of hydrogen-bond acceptors (Lipinski definition) is 5. The predicted molar refractivity (Wildman–Crippen MR) is 87.3 cm³/mol. The maximum atomic E-state index is 12.6. The van der Waals surface area contributed by atoms with Crippen LogP contribution in [0.5, 0.6) is 0 Å². The van der Waals surface area contributed by atoms with E-state index in [1.807, 2.05) is 5.32 Å². The van der Waals surface area contributed by atoms with Crippen LogP contribution in [0.3, 0.4) is 0 Å². The van der Waals surface area contributed by atoms with Gasteiger partial charge in [-0.1, -0.05) is 60.7 Å². The van der Waals surface area contributed by atoms with Crippen LogP contribution in [0.2, 0.25) is 0 Å². The molecule has 0 radical (unpaired) electrons. The fourth-order valence-corrected chi connectivity index (χ4v) is 2.00.